The molecule has 0 bridgehead atoms. The van der Waals surface area contributed by atoms with Crippen LogP contribution in [0.4, 0.5) is 0 Å². The molecule has 2 heteroatoms. The summed E-state index contributed by atoms with van der Waals surface area (Å²) >= 11 is 0. The number of benzene rings is 1. The lowest BCUT2D eigenvalue weighted by molar-refractivity contribution is 0.300. The number of hydrogen-bond donors (Lipinski definition) is 1. The van der Waals surface area contributed by atoms with Crippen molar-refractivity contribution < 1.29 is 5.11 Å². The minimum Gasteiger partial charge on any atom is -0.396 e. The summed E-state index contributed by atoms with van der Waals surface area (Å²) in [6.07, 6.45) is 2.89. The molecule has 2 aromatic rings. The van der Waals surface area contributed by atoms with Crippen LogP contribution in [0.25, 0.3) is 10.9 Å². The fraction of sp³-hybridized carbons (Fsp3) is 0.385. The standard InChI is InChI=1S/C13H17NO/c1-10(2)14-9-11(7-8-15)12-5-3-4-6-13(12)14/h3-6,9-10,15H,7-8H2,1-2H3. The molecule has 0 aliphatic heterocycles. The van der Waals surface area contributed by atoms with Crippen molar-refractivity contribution in [3.05, 3.63) is 36.0 Å². The highest BCUT2D eigenvalue weighted by Crippen LogP contribution is 2.24. The summed E-state index contributed by atoms with van der Waals surface area (Å²) in [7, 11) is 0. The molecule has 2 rings (SSSR count). The fourth-order valence-corrected chi connectivity index (χ4v) is 2.02. The molecule has 0 saturated carbocycles. The Labute approximate surface area is 90.2 Å². The third-order valence-corrected chi connectivity index (χ3v) is 2.76. The van der Waals surface area contributed by atoms with Crippen LogP contribution in [-0.4, -0.2) is 16.3 Å². The van der Waals surface area contributed by atoms with E-state index < -0.39 is 0 Å². The predicted octanol–water partition coefficient (Wildman–Crippen LogP) is 2.76. The Hall–Kier alpha value is -1.28. The number of aliphatic hydroxyl groups excluding tert-OH is 1. The summed E-state index contributed by atoms with van der Waals surface area (Å²) in [6.45, 7) is 4.57. The van der Waals surface area contributed by atoms with Crippen molar-refractivity contribution in [2.75, 3.05) is 6.61 Å². The molecule has 0 unspecified atom stereocenters. The number of aliphatic hydroxyl groups is 1. The van der Waals surface area contributed by atoms with Crippen molar-refractivity contribution in [2.45, 2.75) is 26.3 Å². The summed E-state index contributed by atoms with van der Waals surface area (Å²) in [5, 5.41) is 10.3. The van der Waals surface area contributed by atoms with Gasteiger partial charge in [-0.2, -0.15) is 0 Å². The molecule has 1 aromatic heterocycles. The Morgan fingerprint density at radius 1 is 1.27 bits per heavy atom. The average Bonchev–Trinajstić information content (AvgIpc) is 2.59. The van der Waals surface area contributed by atoms with E-state index in [4.69, 9.17) is 5.11 Å². The maximum atomic E-state index is 9.02. The van der Waals surface area contributed by atoms with E-state index in [9.17, 15) is 0 Å². The lowest BCUT2D eigenvalue weighted by atomic mass is 10.1. The molecule has 1 heterocycles. The van der Waals surface area contributed by atoms with Crippen LogP contribution < -0.4 is 0 Å². The van der Waals surface area contributed by atoms with E-state index in [1.54, 1.807) is 0 Å². The summed E-state index contributed by atoms with van der Waals surface area (Å²) in [5.41, 5.74) is 2.50. The van der Waals surface area contributed by atoms with Crippen molar-refractivity contribution >= 4 is 10.9 Å². The van der Waals surface area contributed by atoms with Crippen LogP contribution in [0.3, 0.4) is 0 Å². The minimum absolute atomic E-state index is 0.214. The second kappa shape index (κ2) is 4.07. The van der Waals surface area contributed by atoms with Gasteiger partial charge in [0.1, 0.15) is 0 Å². The van der Waals surface area contributed by atoms with Crippen LogP contribution in [0.2, 0.25) is 0 Å². The van der Waals surface area contributed by atoms with Gasteiger partial charge in [0.25, 0.3) is 0 Å². The van der Waals surface area contributed by atoms with E-state index in [2.05, 4.69) is 42.8 Å². The van der Waals surface area contributed by atoms with Crippen LogP contribution in [-0.2, 0) is 6.42 Å². The Bertz CT molecular complexity index is 457. The van der Waals surface area contributed by atoms with Gasteiger partial charge in [0.2, 0.25) is 0 Å². The molecule has 0 aliphatic carbocycles. The number of aromatic nitrogens is 1. The van der Waals surface area contributed by atoms with Crippen LogP contribution in [0, 0.1) is 0 Å². The minimum atomic E-state index is 0.214. The van der Waals surface area contributed by atoms with Gasteiger partial charge in [-0.1, -0.05) is 18.2 Å². The summed E-state index contributed by atoms with van der Waals surface area (Å²) in [5.74, 6) is 0. The molecular formula is C13H17NO. The molecule has 0 aliphatic rings. The lowest BCUT2D eigenvalue weighted by Crippen LogP contribution is -1.97. The highest BCUT2D eigenvalue weighted by Gasteiger charge is 2.08. The molecule has 0 atom stereocenters. The zero-order valence-electron chi connectivity index (χ0n) is 9.27. The van der Waals surface area contributed by atoms with Gasteiger partial charge < -0.3 is 9.67 Å². The van der Waals surface area contributed by atoms with Crippen molar-refractivity contribution in [2.24, 2.45) is 0 Å². The molecular weight excluding hydrogens is 186 g/mol. The molecule has 1 aromatic carbocycles. The Kier molecular flexibility index (Phi) is 2.78. The van der Waals surface area contributed by atoms with Crippen LogP contribution >= 0.6 is 0 Å². The number of fused-ring (bicyclic) bond motifs is 1. The first-order chi connectivity index (χ1) is 7.24. The molecule has 0 amide bonds. The number of para-hydroxylation sites is 1. The third kappa shape index (κ3) is 1.77. The summed E-state index contributed by atoms with van der Waals surface area (Å²) < 4.78 is 2.26. The lowest BCUT2D eigenvalue weighted by Gasteiger charge is -2.08. The van der Waals surface area contributed by atoms with Gasteiger partial charge in [-0.25, -0.2) is 0 Å². The summed E-state index contributed by atoms with van der Waals surface area (Å²) in [4.78, 5) is 0. The van der Waals surface area contributed by atoms with Crippen LogP contribution in [0.1, 0.15) is 25.5 Å². The SMILES string of the molecule is CC(C)n1cc(CCO)c2ccccc21. The largest absolute Gasteiger partial charge is 0.396 e. The first-order valence-electron chi connectivity index (χ1n) is 5.43. The number of rotatable bonds is 3. The zero-order valence-corrected chi connectivity index (χ0v) is 9.27. The van der Waals surface area contributed by atoms with Gasteiger partial charge in [-0.15, -0.1) is 0 Å². The molecule has 0 fully saturated rings. The smallest absolute Gasteiger partial charge is 0.0485 e. The second-order valence-corrected chi connectivity index (χ2v) is 4.15. The Balaban J connectivity index is 2.62. The van der Waals surface area contributed by atoms with Gasteiger partial charge in [0.05, 0.1) is 0 Å². The van der Waals surface area contributed by atoms with Gasteiger partial charge in [-0.05, 0) is 31.9 Å². The van der Waals surface area contributed by atoms with Crippen molar-refractivity contribution in [3.8, 4) is 0 Å². The highest BCUT2D eigenvalue weighted by molar-refractivity contribution is 5.84. The number of hydrogen-bond acceptors (Lipinski definition) is 1. The summed E-state index contributed by atoms with van der Waals surface area (Å²) in [6, 6.07) is 8.83. The van der Waals surface area contributed by atoms with E-state index in [0.717, 1.165) is 6.42 Å². The molecule has 80 valence electrons. The average molecular weight is 203 g/mol. The van der Waals surface area contributed by atoms with Gasteiger partial charge in [0.15, 0.2) is 0 Å². The van der Waals surface area contributed by atoms with E-state index in [1.165, 1.54) is 16.5 Å². The first kappa shape index (κ1) is 10.2. The van der Waals surface area contributed by atoms with Crippen LogP contribution in [0.15, 0.2) is 30.5 Å². The third-order valence-electron chi connectivity index (χ3n) is 2.76. The fourth-order valence-electron chi connectivity index (χ4n) is 2.02. The monoisotopic (exact) mass is 203 g/mol. The normalized spacial score (nSPS) is 11.5. The van der Waals surface area contributed by atoms with E-state index >= 15 is 0 Å². The topological polar surface area (TPSA) is 25.2 Å². The quantitative estimate of drug-likeness (QED) is 0.815. The predicted molar refractivity (Wildman–Crippen MR) is 63.1 cm³/mol. The Morgan fingerprint density at radius 2 is 2.00 bits per heavy atom. The van der Waals surface area contributed by atoms with Crippen molar-refractivity contribution in [3.63, 3.8) is 0 Å². The first-order valence-corrected chi connectivity index (χ1v) is 5.43. The van der Waals surface area contributed by atoms with Gasteiger partial charge in [-0.3, -0.25) is 0 Å². The molecule has 0 radical (unpaired) electrons. The second-order valence-electron chi connectivity index (χ2n) is 4.15. The van der Waals surface area contributed by atoms with Crippen molar-refractivity contribution in [1.82, 2.24) is 4.57 Å². The van der Waals surface area contributed by atoms with Gasteiger partial charge >= 0.3 is 0 Å². The number of nitrogens with zero attached hydrogens (tertiary/aromatic N) is 1. The maximum Gasteiger partial charge on any atom is 0.0485 e. The maximum absolute atomic E-state index is 9.02. The molecule has 0 spiro atoms. The zero-order chi connectivity index (χ0) is 10.8. The molecule has 1 N–H and O–H groups in total. The van der Waals surface area contributed by atoms with Gasteiger partial charge in [0, 0.05) is 29.7 Å². The van der Waals surface area contributed by atoms with E-state index in [0.29, 0.717) is 6.04 Å². The molecule has 15 heavy (non-hydrogen) atoms. The van der Waals surface area contributed by atoms with Crippen molar-refractivity contribution in [1.29, 1.82) is 0 Å². The highest BCUT2D eigenvalue weighted by atomic mass is 16.2. The molecule has 0 saturated heterocycles. The Morgan fingerprint density at radius 3 is 2.67 bits per heavy atom. The van der Waals surface area contributed by atoms with Crippen LogP contribution in [0.5, 0.6) is 0 Å². The van der Waals surface area contributed by atoms with E-state index in [1.807, 2.05) is 6.07 Å². The van der Waals surface area contributed by atoms with E-state index in [-0.39, 0.29) is 6.61 Å². The molecule has 2 nitrogen and oxygen atoms in total.